The lowest BCUT2D eigenvalue weighted by Crippen LogP contribution is -2.52. The van der Waals surface area contributed by atoms with Crippen molar-refractivity contribution in [3.63, 3.8) is 0 Å². The van der Waals surface area contributed by atoms with Crippen molar-refractivity contribution in [2.75, 3.05) is 45.8 Å². The lowest BCUT2D eigenvalue weighted by atomic mass is 9.49. The Balaban J connectivity index is 1.09. The van der Waals surface area contributed by atoms with Crippen LogP contribution in [0.3, 0.4) is 0 Å². The van der Waals surface area contributed by atoms with Gasteiger partial charge in [-0.1, -0.05) is 84.7 Å². The van der Waals surface area contributed by atoms with Gasteiger partial charge in [-0.15, -0.1) is 0 Å². The van der Waals surface area contributed by atoms with Gasteiger partial charge in [-0.05, 0) is 66.0 Å². The van der Waals surface area contributed by atoms with Gasteiger partial charge in [0.05, 0.1) is 10.6 Å². The van der Waals surface area contributed by atoms with E-state index in [4.69, 9.17) is 16.1 Å². The van der Waals surface area contributed by atoms with E-state index in [9.17, 15) is 9.59 Å². The minimum atomic E-state index is -0.556. The fourth-order valence-electron chi connectivity index (χ4n) is 7.82. The Hall–Kier alpha value is -4.01. The number of aromatic nitrogens is 1. The molecule has 244 valence electrons. The van der Waals surface area contributed by atoms with E-state index in [1.165, 1.54) is 17.7 Å². The second-order valence-electron chi connectivity index (χ2n) is 13.8. The number of rotatable bonds is 8. The lowest BCUT2D eigenvalue weighted by Gasteiger charge is -2.57. The van der Waals surface area contributed by atoms with E-state index < -0.39 is 5.82 Å². The first-order valence-corrected chi connectivity index (χ1v) is 16.9. The molecule has 2 atom stereocenters. The van der Waals surface area contributed by atoms with Gasteiger partial charge < -0.3 is 14.3 Å². The van der Waals surface area contributed by atoms with Crippen LogP contribution in [0.25, 0.3) is 22.0 Å². The molecule has 4 aromatic rings. The number of carbonyl (C=O) groups is 2. The predicted molar refractivity (Wildman–Crippen MR) is 182 cm³/mol. The molecule has 0 radical (unpaired) electrons. The number of hydrogen-bond donors (Lipinski definition) is 0. The fraction of sp³-hybridized carbons (Fsp3) is 0.395. The molecule has 0 N–H and O–H groups in total. The second kappa shape index (κ2) is 12.5. The molecule has 1 saturated heterocycles. The number of piperazine rings is 1. The first kappa shape index (κ1) is 31.6. The number of nitrogens with zero attached hydrogens (tertiary/aromatic N) is 4. The van der Waals surface area contributed by atoms with E-state index in [1.807, 2.05) is 52.3 Å². The highest BCUT2D eigenvalue weighted by Crippen LogP contribution is 2.59. The van der Waals surface area contributed by atoms with Crippen molar-refractivity contribution in [2.45, 2.75) is 33.6 Å². The monoisotopic (exact) mass is 654 g/mol. The van der Waals surface area contributed by atoms with Crippen LogP contribution in [-0.2, 0) is 0 Å². The van der Waals surface area contributed by atoms with Crippen LogP contribution in [0.15, 0.2) is 76.8 Å². The van der Waals surface area contributed by atoms with Crippen molar-refractivity contribution in [2.24, 2.45) is 17.3 Å². The summed E-state index contributed by atoms with van der Waals surface area (Å²) in [4.78, 5) is 34.1. The predicted octanol–water partition coefficient (Wildman–Crippen LogP) is 7.49. The zero-order valence-corrected chi connectivity index (χ0v) is 27.9. The molecule has 2 amide bonds. The van der Waals surface area contributed by atoms with Crippen molar-refractivity contribution in [1.82, 2.24) is 19.9 Å². The molecule has 7 nitrogen and oxygen atoms in total. The molecule has 47 heavy (non-hydrogen) atoms. The molecule has 2 heterocycles. The summed E-state index contributed by atoms with van der Waals surface area (Å²) in [6.45, 7) is 10.6. The van der Waals surface area contributed by atoms with Crippen LogP contribution < -0.4 is 0 Å². The number of aryl methyl sites for hydroxylation is 1. The normalized spacial score (nSPS) is 20.5. The van der Waals surface area contributed by atoms with E-state index in [1.54, 1.807) is 13.0 Å². The van der Waals surface area contributed by atoms with Gasteiger partial charge in [0.1, 0.15) is 22.8 Å². The Morgan fingerprint density at radius 1 is 1.04 bits per heavy atom. The summed E-state index contributed by atoms with van der Waals surface area (Å²) in [5, 5.41) is 6.31. The van der Waals surface area contributed by atoms with E-state index in [0.29, 0.717) is 63.4 Å². The Bertz CT molecular complexity index is 1850. The first-order chi connectivity index (χ1) is 22.6. The SMILES string of the molecule is Cc1onc(-c2c(F)cccc2Cl)c1C(=O)N(CCN1CCN(C(=O)c2cccc3ccccc23)CC1)CC1=CCC2CC1C2(C)C. The van der Waals surface area contributed by atoms with Crippen LogP contribution in [0.2, 0.25) is 5.02 Å². The number of carbonyl (C=O) groups excluding carboxylic acids is 2. The summed E-state index contributed by atoms with van der Waals surface area (Å²) in [5.74, 6) is 0.693. The van der Waals surface area contributed by atoms with Crippen molar-refractivity contribution in [1.29, 1.82) is 0 Å². The third-order valence-corrected chi connectivity index (χ3v) is 11.2. The summed E-state index contributed by atoms with van der Waals surface area (Å²) in [6, 6.07) is 18.3. The second-order valence-corrected chi connectivity index (χ2v) is 14.2. The Morgan fingerprint density at radius 2 is 1.79 bits per heavy atom. The van der Waals surface area contributed by atoms with E-state index in [2.05, 4.69) is 30.0 Å². The third kappa shape index (κ3) is 5.76. The summed E-state index contributed by atoms with van der Waals surface area (Å²) < 4.78 is 20.5. The van der Waals surface area contributed by atoms with Crippen LogP contribution in [0.1, 0.15) is 53.2 Å². The van der Waals surface area contributed by atoms with Crippen LogP contribution in [0.4, 0.5) is 4.39 Å². The van der Waals surface area contributed by atoms with E-state index in [-0.39, 0.29) is 39.1 Å². The minimum Gasteiger partial charge on any atom is -0.360 e. The smallest absolute Gasteiger partial charge is 0.260 e. The maximum Gasteiger partial charge on any atom is 0.260 e. The number of halogens is 2. The Morgan fingerprint density at radius 3 is 2.53 bits per heavy atom. The molecule has 9 heteroatoms. The number of benzene rings is 3. The van der Waals surface area contributed by atoms with Crippen molar-refractivity contribution in [3.8, 4) is 11.3 Å². The lowest BCUT2D eigenvalue weighted by molar-refractivity contribution is -0.0105. The number of allylic oxidation sites excluding steroid dienone is 1. The molecule has 1 aliphatic heterocycles. The highest BCUT2D eigenvalue weighted by molar-refractivity contribution is 6.33. The average molecular weight is 655 g/mol. The topological polar surface area (TPSA) is 69.9 Å². The van der Waals surface area contributed by atoms with Crippen LogP contribution >= 0.6 is 11.6 Å². The molecule has 1 saturated carbocycles. The molecule has 2 unspecified atom stereocenters. The summed E-state index contributed by atoms with van der Waals surface area (Å²) in [7, 11) is 0. The molecular weight excluding hydrogens is 615 g/mol. The van der Waals surface area contributed by atoms with Gasteiger partial charge in [-0.25, -0.2) is 4.39 Å². The third-order valence-electron chi connectivity index (χ3n) is 10.9. The van der Waals surface area contributed by atoms with Crippen LogP contribution in [0.5, 0.6) is 0 Å². The molecule has 4 aliphatic rings. The molecule has 0 spiro atoms. The van der Waals surface area contributed by atoms with Gasteiger partial charge in [0, 0.05) is 51.4 Å². The van der Waals surface area contributed by atoms with Gasteiger partial charge in [0.25, 0.3) is 11.8 Å². The first-order valence-electron chi connectivity index (χ1n) is 16.5. The highest BCUT2D eigenvalue weighted by atomic mass is 35.5. The van der Waals surface area contributed by atoms with Crippen molar-refractivity contribution in [3.05, 3.63) is 100 Å². The van der Waals surface area contributed by atoms with Crippen LogP contribution in [-0.4, -0.2) is 77.5 Å². The largest absolute Gasteiger partial charge is 0.360 e. The fourth-order valence-corrected chi connectivity index (χ4v) is 8.08. The molecular formula is C38H40ClFN4O3. The maximum atomic E-state index is 15.0. The van der Waals surface area contributed by atoms with Gasteiger partial charge in [-0.3, -0.25) is 14.5 Å². The standard InChI is InChI=1S/C38H40ClFN4O3/c1-24-33(35(41-47-24)34-31(39)12-7-13-32(34)40)37(46)44(23-26-14-15-27-22-30(26)38(27,2)3)21-18-42-16-19-43(20-17-42)36(45)29-11-6-9-25-8-4-5-10-28(25)29/h4-14,27,30H,15-23H2,1-3H3. The van der Waals surface area contributed by atoms with Crippen molar-refractivity contribution < 1.29 is 18.5 Å². The van der Waals surface area contributed by atoms with E-state index >= 15 is 4.39 Å². The average Bonchev–Trinajstić information content (AvgIpc) is 3.46. The molecule has 3 aromatic carbocycles. The molecule has 8 rings (SSSR count). The number of fused-ring (bicyclic) bond motifs is 2. The van der Waals surface area contributed by atoms with Gasteiger partial charge in [0.2, 0.25) is 0 Å². The number of hydrogen-bond acceptors (Lipinski definition) is 5. The minimum absolute atomic E-state index is 0.0474. The van der Waals surface area contributed by atoms with Gasteiger partial charge in [0.15, 0.2) is 0 Å². The van der Waals surface area contributed by atoms with Gasteiger partial charge >= 0.3 is 0 Å². The molecule has 1 aromatic heterocycles. The Kier molecular flexibility index (Phi) is 8.43. The zero-order valence-electron chi connectivity index (χ0n) is 27.1. The summed E-state index contributed by atoms with van der Waals surface area (Å²) in [5.41, 5.74) is 2.67. The van der Waals surface area contributed by atoms with Crippen LogP contribution in [0, 0.1) is 30.0 Å². The van der Waals surface area contributed by atoms with Gasteiger partial charge in [-0.2, -0.15) is 0 Å². The number of amides is 2. The summed E-state index contributed by atoms with van der Waals surface area (Å²) in [6.07, 6.45) is 4.49. The molecule has 3 aliphatic carbocycles. The quantitative estimate of drug-likeness (QED) is 0.184. The summed E-state index contributed by atoms with van der Waals surface area (Å²) >= 11 is 6.42. The molecule has 2 bridgehead atoms. The Labute approximate surface area is 279 Å². The van der Waals surface area contributed by atoms with Crippen molar-refractivity contribution >= 4 is 34.2 Å². The zero-order chi connectivity index (χ0) is 32.9. The maximum absolute atomic E-state index is 15.0. The highest BCUT2D eigenvalue weighted by Gasteiger charge is 2.51. The molecule has 2 fully saturated rings. The van der Waals surface area contributed by atoms with E-state index in [0.717, 1.165) is 29.2 Å².